The van der Waals surface area contributed by atoms with Crippen molar-refractivity contribution in [2.45, 2.75) is 19.8 Å². The first-order valence-corrected chi connectivity index (χ1v) is 8.47. The van der Waals surface area contributed by atoms with Gasteiger partial charge in [0.15, 0.2) is 0 Å². The highest BCUT2D eigenvalue weighted by Gasteiger charge is 2.05. The smallest absolute Gasteiger partial charge is 0.232 e. The largest absolute Gasteiger partial charge is 0.493 e. The summed E-state index contributed by atoms with van der Waals surface area (Å²) in [5, 5.41) is 0. The maximum atomic E-state index is 10.7. The number of aryl methyl sites for hydroxylation is 1. The van der Waals surface area contributed by atoms with E-state index in [1.807, 2.05) is 25.1 Å². The number of ether oxygens (including phenoxy) is 1. The molecule has 0 radical (unpaired) electrons. The van der Waals surface area contributed by atoms with Gasteiger partial charge in [0.25, 0.3) is 0 Å². The van der Waals surface area contributed by atoms with Crippen molar-refractivity contribution in [1.82, 2.24) is 0 Å². The maximum Gasteiger partial charge on any atom is 0.232 e. The van der Waals surface area contributed by atoms with E-state index in [0.29, 0.717) is 19.4 Å². The quantitative estimate of drug-likeness (QED) is 0.587. The lowest BCUT2D eigenvalue weighted by atomic mass is 10.2. The molecule has 0 heterocycles. The summed E-state index contributed by atoms with van der Waals surface area (Å²) < 4.78 is 27.9. The molecule has 1 aromatic carbocycles. The van der Waals surface area contributed by atoms with Crippen LogP contribution in [0.1, 0.15) is 18.4 Å². The molecule has 3 nitrogen and oxygen atoms in total. The van der Waals surface area contributed by atoms with Crippen LogP contribution in [-0.2, 0) is 9.05 Å². The Balaban J connectivity index is 2.34. The van der Waals surface area contributed by atoms with Crippen molar-refractivity contribution in [3.8, 4) is 5.75 Å². The van der Waals surface area contributed by atoms with Gasteiger partial charge in [-0.25, -0.2) is 8.42 Å². The van der Waals surface area contributed by atoms with Crippen LogP contribution in [0, 0.1) is 6.92 Å². The first-order chi connectivity index (χ1) is 7.88. The molecule has 0 aliphatic heterocycles. The van der Waals surface area contributed by atoms with Crippen LogP contribution in [-0.4, -0.2) is 20.8 Å². The van der Waals surface area contributed by atoms with Crippen LogP contribution in [0.4, 0.5) is 0 Å². The second-order valence-electron chi connectivity index (χ2n) is 3.71. The van der Waals surface area contributed by atoms with E-state index in [0.717, 1.165) is 15.8 Å². The van der Waals surface area contributed by atoms with Gasteiger partial charge in [0.1, 0.15) is 5.75 Å². The van der Waals surface area contributed by atoms with Crippen LogP contribution < -0.4 is 4.74 Å². The molecule has 0 aliphatic carbocycles. The van der Waals surface area contributed by atoms with E-state index in [1.54, 1.807) is 0 Å². The third-order valence-corrected chi connectivity index (χ3v) is 3.92. The Morgan fingerprint density at radius 3 is 2.71 bits per heavy atom. The molecule has 0 bridgehead atoms. The minimum absolute atomic E-state index is 0.00458. The van der Waals surface area contributed by atoms with Crippen LogP contribution in [0.15, 0.2) is 22.7 Å². The fourth-order valence-electron chi connectivity index (χ4n) is 1.29. The van der Waals surface area contributed by atoms with E-state index in [2.05, 4.69) is 15.9 Å². The number of halogens is 2. The Kier molecular flexibility index (Phi) is 5.76. The normalized spacial score (nSPS) is 11.5. The average Bonchev–Trinajstić information content (AvgIpc) is 2.21. The van der Waals surface area contributed by atoms with Crippen molar-refractivity contribution in [3.63, 3.8) is 0 Å². The molecule has 96 valence electrons. The maximum absolute atomic E-state index is 10.7. The molecular weight excluding hydrogens is 328 g/mol. The first-order valence-electron chi connectivity index (χ1n) is 5.20. The van der Waals surface area contributed by atoms with Crippen LogP contribution in [0.5, 0.6) is 5.75 Å². The molecule has 17 heavy (non-hydrogen) atoms. The molecule has 1 rings (SSSR count). The zero-order valence-corrected chi connectivity index (χ0v) is 12.6. The van der Waals surface area contributed by atoms with Crippen LogP contribution in [0.3, 0.4) is 0 Å². The highest BCUT2D eigenvalue weighted by molar-refractivity contribution is 9.10. The zero-order chi connectivity index (χ0) is 12.9. The third-order valence-electron chi connectivity index (χ3n) is 2.19. The standard InChI is InChI=1S/C11H14BrClO3S/c1-9-4-5-10(12)8-11(9)16-6-2-3-7-17(13,14)15/h4-5,8H,2-3,6-7H2,1H3. The Morgan fingerprint density at radius 1 is 1.35 bits per heavy atom. The van der Waals surface area contributed by atoms with Gasteiger partial charge in [-0.05, 0) is 37.5 Å². The molecule has 6 heteroatoms. The van der Waals surface area contributed by atoms with Crippen molar-refractivity contribution in [3.05, 3.63) is 28.2 Å². The Bertz CT molecular complexity index is 474. The summed E-state index contributed by atoms with van der Waals surface area (Å²) in [6.45, 7) is 2.45. The molecule has 0 N–H and O–H groups in total. The van der Waals surface area contributed by atoms with Crippen LogP contribution >= 0.6 is 26.6 Å². The van der Waals surface area contributed by atoms with Crippen LogP contribution in [0.25, 0.3) is 0 Å². The van der Waals surface area contributed by atoms with E-state index in [-0.39, 0.29) is 5.75 Å². The van der Waals surface area contributed by atoms with Gasteiger partial charge in [-0.1, -0.05) is 22.0 Å². The van der Waals surface area contributed by atoms with Gasteiger partial charge in [-0.15, -0.1) is 0 Å². The average molecular weight is 342 g/mol. The fraction of sp³-hybridized carbons (Fsp3) is 0.455. The second kappa shape index (κ2) is 6.61. The van der Waals surface area contributed by atoms with Gasteiger partial charge < -0.3 is 4.74 Å². The van der Waals surface area contributed by atoms with Gasteiger partial charge in [0.05, 0.1) is 12.4 Å². The SMILES string of the molecule is Cc1ccc(Br)cc1OCCCCS(=O)(=O)Cl. The van der Waals surface area contributed by atoms with Crippen molar-refractivity contribution in [1.29, 1.82) is 0 Å². The first kappa shape index (κ1) is 14.8. The lowest BCUT2D eigenvalue weighted by Crippen LogP contribution is -2.03. The number of hydrogen-bond donors (Lipinski definition) is 0. The van der Waals surface area contributed by atoms with E-state index in [4.69, 9.17) is 15.4 Å². The van der Waals surface area contributed by atoms with E-state index >= 15 is 0 Å². The minimum atomic E-state index is -3.37. The number of hydrogen-bond acceptors (Lipinski definition) is 3. The number of unbranched alkanes of at least 4 members (excludes halogenated alkanes) is 1. The molecule has 0 aromatic heterocycles. The van der Waals surface area contributed by atoms with Crippen molar-refractivity contribution >= 4 is 35.7 Å². The Labute approximate surface area is 115 Å². The zero-order valence-electron chi connectivity index (χ0n) is 9.45. The second-order valence-corrected chi connectivity index (χ2v) is 7.52. The van der Waals surface area contributed by atoms with Gasteiger partial charge in [0, 0.05) is 15.2 Å². The molecule has 0 saturated heterocycles. The summed E-state index contributed by atoms with van der Waals surface area (Å²) in [7, 11) is 1.73. The van der Waals surface area contributed by atoms with E-state index in [1.165, 1.54) is 0 Å². The summed E-state index contributed by atoms with van der Waals surface area (Å²) >= 11 is 3.37. The molecule has 0 atom stereocenters. The third kappa shape index (κ3) is 6.29. The van der Waals surface area contributed by atoms with Crippen LogP contribution in [0.2, 0.25) is 0 Å². The summed E-state index contributed by atoms with van der Waals surface area (Å²) in [6, 6.07) is 5.80. The molecule has 0 unspecified atom stereocenters. The molecule has 0 amide bonds. The predicted octanol–water partition coefficient (Wildman–Crippen LogP) is 3.49. The van der Waals surface area contributed by atoms with Gasteiger partial charge in [0.2, 0.25) is 9.05 Å². The Hall–Kier alpha value is -0.260. The highest BCUT2D eigenvalue weighted by atomic mass is 79.9. The van der Waals surface area contributed by atoms with Gasteiger partial charge in [-0.2, -0.15) is 0 Å². The van der Waals surface area contributed by atoms with E-state index in [9.17, 15) is 8.42 Å². The molecule has 0 spiro atoms. The van der Waals surface area contributed by atoms with Crippen molar-refractivity contribution < 1.29 is 13.2 Å². The number of rotatable bonds is 6. The van der Waals surface area contributed by atoms with Gasteiger partial charge in [-0.3, -0.25) is 0 Å². The van der Waals surface area contributed by atoms with E-state index < -0.39 is 9.05 Å². The van der Waals surface area contributed by atoms with Crippen molar-refractivity contribution in [2.75, 3.05) is 12.4 Å². The Morgan fingerprint density at radius 2 is 2.06 bits per heavy atom. The summed E-state index contributed by atoms with van der Waals surface area (Å²) in [4.78, 5) is 0. The predicted molar refractivity (Wildman–Crippen MR) is 73.2 cm³/mol. The highest BCUT2D eigenvalue weighted by Crippen LogP contribution is 2.23. The fourth-order valence-corrected chi connectivity index (χ4v) is 2.50. The summed E-state index contributed by atoms with van der Waals surface area (Å²) in [5.41, 5.74) is 1.05. The van der Waals surface area contributed by atoms with Gasteiger partial charge >= 0.3 is 0 Å². The lowest BCUT2D eigenvalue weighted by molar-refractivity contribution is 0.307. The minimum Gasteiger partial charge on any atom is -0.493 e. The summed E-state index contributed by atoms with van der Waals surface area (Å²) in [6.07, 6.45) is 1.18. The van der Waals surface area contributed by atoms with Crippen molar-refractivity contribution in [2.24, 2.45) is 0 Å². The number of benzene rings is 1. The molecule has 1 aromatic rings. The summed E-state index contributed by atoms with van der Waals surface area (Å²) in [5.74, 6) is 0.808. The molecule has 0 fully saturated rings. The monoisotopic (exact) mass is 340 g/mol. The topological polar surface area (TPSA) is 43.4 Å². The molecular formula is C11H14BrClO3S. The lowest BCUT2D eigenvalue weighted by Gasteiger charge is -2.09. The molecule has 0 aliphatic rings. The molecule has 0 saturated carbocycles.